The molecule has 3 aromatic rings. The number of nitriles is 1. The van der Waals surface area contributed by atoms with Crippen LogP contribution in [0.5, 0.6) is 0 Å². The van der Waals surface area contributed by atoms with Gasteiger partial charge in [-0.15, -0.1) is 0 Å². The van der Waals surface area contributed by atoms with E-state index in [1.807, 2.05) is 24.3 Å². The maximum absolute atomic E-state index is 12.1. The van der Waals surface area contributed by atoms with E-state index in [-0.39, 0.29) is 5.56 Å². The van der Waals surface area contributed by atoms with E-state index in [1.165, 1.54) is 16.1 Å². The highest BCUT2D eigenvalue weighted by Crippen LogP contribution is 2.20. The molecule has 7 heteroatoms. The Morgan fingerprint density at radius 1 is 1.26 bits per heavy atom. The predicted molar refractivity (Wildman–Crippen MR) is 66.2 cm³/mol. The minimum Gasteiger partial charge on any atom is -0.278 e. The van der Waals surface area contributed by atoms with Gasteiger partial charge >= 0.3 is 0 Å². The van der Waals surface area contributed by atoms with Crippen molar-refractivity contribution >= 4 is 5.78 Å². The molecular formula is C12H8N6O. The minimum absolute atomic E-state index is 0.0218. The van der Waals surface area contributed by atoms with Crippen molar-refractivity contribution in [2.75, 3.05) is 0 Å². The Morgan fingerprint density at radius 2 is 2.00 bits per heavy atom. The fraction of sp³-hybridized carbons (Fsp3) is 0.0833. The zero-order valence-corrected chi connectivity index (χ0v) is 9.98. The summed E-state index contributed by atoms with van der Waals surface area (Å²) in [6, 6.07) is 11.0. The van der Waals surface area contributed by atoms with Gasteiger partial charge in [0.2, 0.25) is 0 Å². The summed E-state index contributed by atoms with van der Waals surface area (Å²) in [6.45, 7) is 0. The zero-order valence-electron chi connectivity index (χ0n) is 9.98. The van der Waals surface area contributed by atoms with Crippen LogP contribution in [0.4, 0.5) is 0 Å². The molecule has 1 aromatic carbocycles. The van der Waals surface area contributed by atoms with Crippen molar-refractivity contribution in [1.29, 1.82) is 5.26 Å². The third-order valence-corrected chi connectivity index (χ3v) is 2.88. The molecule has 0 aliphatic carbocycles. The third-order valence-electron chi connectivity index (χ3n) is 2.88. The Hall–Kier alpha value is -3.01. The molecule has 0 aliphatic heterocycles. The number of nitrogens with zero attached hydrogens (tertiary/aromatic N) is 6. The molecule has 3 rings (SSSR count). The van der Waals surface area contributed by atoms with E-state index in [0.717, 1.165) is 0 Å². The van der Waals surface area contributed by atoms with Crippen LogP contribution in [0.1, 0.15) is 5.56 Å². The van der Waals surface area contributed by atoms with E-state index >= 15 is 0 Å². The van der Waals surface area contributed by atoms with Gasteiger partial charge in [0.05, 0.1) is 0 Å². The Kier molecular flexibility index (Phi) is 2.35. The molecular weight excluding hydrogens is 244 g/mol. The molecule has 0 atom stereocenters. The molecule has 0 bridgehead atoms. The number of rotatable bonds is 1. The van der Waals surface area contributed by atoms with Crippen LogP contribution in [-0.2, 0) is 7.05 Å². The first-order valence-electron chi connectivity index (χ1n) is 5.50. The highest BCUT2D eigenvalue weighted by atomic mass is 16.1. The SMILES string of the molecule is Cn1c(=O)c(C#N)c(-c2ccccc2)n2nnnc12. The summed E-state index contributed by atoms with van der Waals surface area (Å²) in [5.74, 6) is 0.294. The molecule has 0 amide bonds. The van der Waals surface area contributed by atoms with Crippen molar-refractivity contribution in [3.05, 3.63) is 46.2 Å². The zero-order chi connectivity index (χ0) is 13.4. The average Bonchev–Trinajstić information content (AvgIpc) is 2.92. The summed E-state index contributed by atoms with van der Waals surface area (Å²) in [6.07, 6.45) is 0. The number of tetrazole rings is 1. The average molecular weight is 252 g/mol. The number of hydrogen-bond acceptors (Lipinski definition) is 5. The van der Waals surface area contributed by atoms with Crippen molar-refractivity contribution in [1.82, 2.24) is 24.6 Å². The van der Waals surface area contributed by atoms with Crippen molar-refractivity contribution < 1.29 is 0 Å². The van der Waals surface area contributed by atoms with Crippen LogP contribution >= 0.6 is 0 Å². The van der Waals surface area contributed by atoms with Crippen LogP contribution in [0.2, 0.25) is 0 Å². The van der Waals surface area contributed by atoms with Gasteiger partial charge in [0.15, 0.2) is 0 Å². The molecule has 0 saturated carbocycles. The monoisotopic (exact) mass is 252 g/mol. The largest absolute Gasteiger partial charge is 0.278 e. The second kappa shape index (κ2) is 4.03. The Bertz CT molecular complexity index is 856. The first-order chi connectivity index (χ1) is 9.24. The van der Waals surface area contributed by atoms with Gasteiger partial charge in [-0.25, -0.2) is 0 Å². The van der Waals surface area contributed by atoms with E-state index in [4.69, 9.17) is 0 Å². The van der Waals surface area contributed by atoms with Crippen LogP contribution in [0, 0.1) is 11.3 Å². The van der Waals surface area contributed by atoms with Gasteiger partial charge in [0, 0.05) is 12.6 Å². The van der Waals surface area contributed by atoms with Crippen LogP contribution < -0.4 is 5.56 Å². The lowest BCUT2D eigenvalue weighted by Gasteiger charge is -2.07. The molecule has 19 heavy (non-hydrogen) atoms. The Morgan fingerprint density at radius 3 is 2.68 bits per heavy atom. The minimum atomic E-state index is -0.413. The number of fused-ring (bicyclic) bond motifs is 1. The number of aromatic nitrogens is 5. The van der Waals surface area contributed by atoms with Crippen LogP contribution in [0.3, 0.4) is 0 Å². The van der Waals surface area contributed by atoms with Gasteiger partial charge in [0.1, 0.15) is 17.3 Å². The normalized spacial score (nSPS) is 10.5. The lowest BCUT2D eigenvalue weighted by Crippen LogP contribution is -2.24. The summed E-state index contributed by atoms with van der Waals surface area (Å²) < 4.78 is 2.65. The fourth-order valence-electron chi connectivity index (χ4n) is 1.97. The highest BCUT2D eigenvalue weighted by Gasteiger charge is 2.18. The maximum atomic E-state index is 12.1. The topological polar surface area (TPSA) is 88.9 Å². The summed E-state index contributed by atoms with van der Waals surface area (Å²) in [4.78, 5) is 12.1. The smallest absolute Gasteiger partial charge is 0.273 e. The van der Waals surface area contributed by atoms with Crippen LogP contribution in [-0.4, -0.2) is 24.6 Å². The van der Waals surface area contributed by atoms with Crippen LogP contribution in [0.25, 0.3) is 17.0 Å². The van der Waals surface area contributed by atoms with Gasteiger partial charge in [0.25, 0.3) is 11.3 Å². The van der Waals surface area contributed by atoms with E-state index < -0.39 is 5.56 Å². The second-order valence-electron chi connectivity index (χ2n) is 3.96. The molecule has 92 valence electrons. The van der Waals surface area contributed by atoms with Crippen molar-refractivity contribution in [3.8, 4) is 17.3 Å². The lowest BCUT2D eigenvalue weighted by molar-refractivity contribution is 0.794. The molecule has 0 radical (unpaired) electrons. The van der Waals surface area contributed by atoms with Gasteiger partial charge in [-0.2, -0.15) is 9.78 Å². The standard InChI is InChI=1S/C12H8N6O/c1-17-11(19)9(7-13)10(8-5-3-2-4-6-8)18-12(17)14-15-16-18/h2-6H,1H3. The van der Waals surface area contributed by atoms with Gasteiger partial charge in [-0.3, -0.25) is 9.36 Å². The molecule has 0 N–H and O–H groups in total. The van der Waals surface area contributed by atoms with Crippen molar-refractivity contribution in [2.45, 2.75) is 0 Å². The lowest BCUT2D eigenvalue weighted by atomic mass is 10.1. The highest BCUT2D eigenvalue weighted by molar-refractivity contribution is 5.68. The Balaban J connectivity index is 2.54. The molecule has 2 heterocycles. The number of aryl methyl sites for hydroxylation is 1. The summed E-state index contributed by atoms with van der Waals surface area (Å²) >= 11 is 0. The molecule has 0 aliphatic rings. The third kappa shape index (κ3) is 1.51. The maximum Gasteiger partial charge on any atom is 0.273 e. The second-order valence-corrected chi connectivity index (χ2v) is 3.96. The molecule has 2 aromatic heterocycles. The molecule has 0 fully saturated rings. The summed E-state index contributed by atoms with van der Waals surface area (Å²) in [7, 11) is 1.53. The van der Waals surface area contributed by atoms with E-state index in [9.17, 15) is 10.1 Å². The quantitative estimate of drug-likeness (QED) is 0.624. The first-order valence-corrected chi connectivity index (χ1v) is 5.50. The van der Waals surface area contributed by atoms with E-state index in [0.29, 0.717) is 17.0 Å². The van der Waals surface area contributed by atoms with Gasteiger partial charge in [-0.1, -0.05) is 35.4 Å². The van der Waals surface area contributed by atoms with E-state index in [2.05, 4.69) is 15.5 Å². The van der Waals surface area contributed by atoms with Gasteiger partial charge in [-0.05, 0) is 10.4 Å². The molecule has 7 nitrogen and oxygen atoms in total. The summed E-state index contributed by atoms with van der Waals surface area (Å²) in [5.41, 5.74) is 0.734. The van der Waals surface area contributed by atoms with Crippen molar-refractivity contribution in [2.24, 2.45) is 7.05 Å². The molecule has 0 spiro atoms. The predicted octanol–water partition coefficient (Wildman–Crippen LogP) is 0.362. The van der Waals surface area contributed by atoms with Crippen LogP contribution in [0.15, 0.2) is 35.1 Å². The fourth-order valence-corrected chi connectivity index (χ4v) is 1.97. The number of benzene rings is 1. The van der Waals surface area contributed by atoms with Crippen molar-refractivity contribution in [3.63, 3.8) is 0 Å². The number of hydrogen-bond donors (Lipinski definition) is 0. The van der Waals surface area contributed by atoms with E-state index in [1.54, 1.807) is 12.1 Å². The van der Waals surface area contributed by atoms with Gasteiger partial charge < -0.3 is 0 Å². The first kappa shape index (κ1) is 11.1. The molecule has 0 saturated heterocycles. The Labute approximate surface area is 107 Å². The summed E-state index contributed by atoms with van der Waals surface area (Å²) in [5, 5.41) is 20.4. The molecule has 0 unspecified atom stereocenters.